The third-order valence-corrected chi connectivity index (χ3v) is 6.07. The first-order valence-electron chi connectivity index (χ1n) is 8.52. The van der Waals surface area contributed by atoms with E-state index in [2.05, 4.69) is 9.97 Å². The summed E-state index contributed by atoms with van der Waals surface area (Å²) in [6.45, 7) is 2.90. The second kappa shape index (κ2) is 6.25. The van der Waals surface area contributed by atoms with Crippen LogP contribution in [-0.4, -0.2) is 41.4 Å². The molecule has 3 heterocycles. The lowest BCUT2D eigenvalue weighted by Gasteiger charge is -2.28. The Balaban J connectivity index is 1.69. The molecule has 134 valence electrons. The normalized spacial score (nSPS) is 13.7. The third kappa shape index (κ3) is 2.68. The number of benzene rings is 1. The molecule has 0 radical (unpaired) electrons. The van der Waals surface area contributed by atoms with E-state index in [9.17, 15) is 9.59 Å². The van der Waals surface area contributed by atoms with Crippen LogP contribution in [0.2, 0.25) is 0 Å². The molecule has 0 bridgehead atoms. The number of aryl methyl sites for hydroxylation is 1. The minimum absolute atomic E-state index is 0.0165. The maximum atomic E-state index is 13.1. The second-order valence-electron chi connectivity index (χ2n) is 6.74. The van der Waals surface area contributed by atoms with E-state index in [1.165, 1.54) is 11.3 Å². The molecular weight excluding hydrogens is 348 g/mol. The van der Waals surface area contributed by atoms with Gasteiger partial charge in [0.2, 0.25) is 5.95 Å². The van der Waals surface area contributed by atoms with Gasteiger partial charge in [-0.05, 0) is 30.4 Å². The van der Waals surface area contributed by atoms with Crippen LogP contribution in [0.3, 0.4) is 0 Å². The number of aromatic nitrogens is 2. The van der Waals surface area contributed by atoms with E-state index in [1.54, 1.807) is 9.80 Å². The van der Waals surface area contributed by atoms with Crippen molar-refractivity contribution >= 4 is 33.3 Å². The van der Waals surface area contributed by atoms with Gasteiger partial charge in [-0.25, -0.2) is 4.98 Å². The Hall–Kier alpha value is -2.67. The van der Waals surface area contributed by atoms with E-state index < -0.39 is 0 Å². The van der Waals surface area contributed by atoms with E-state index in [0.29, 0.717) is 36.7 Å². The van der Waals surface area contributed by atoms with Gasteiger partial charge in [-0.3, -0.25) is 14.6 Å². The van der Waals surface area contributed by atoms with Crippen LogP contribution in [-0.2, 0) is 13.0 Å². The number of nitrogens with one attached hydrogen (secondary N) is 1. The maximum Gasteiger partial charge on any atom is 0.264 e. The number of hydrogen-bond donors (Lipinski definition) is 1. The standard InChI is InChI=1S/C19H20N4O2S/c1-11-12-6-4-5-7-15(12)26-16(11)18(25)23-9-8-13-14(10-23)20-19(22(2)3)21-17(13)24/h4-7H,8-10H2,1-3H3,(H,20,21,24). The van der Waals surface area contributed by atoms with Crippen LogP contribution in [0.1, 0.15) is 26.5 Å². The maximum absolute atomic E-state index is 13.1. The summed E-state index contributed by atoms with van der Waals surface area (Å²) in [6, 6.07) is 8.07. The molecule has 4 rings (SSSR count). The van der Waals surface area contributed by atoms with Gasteiger partial charge in [-0.1, -0.05) is 18.2 Å². The molecule has 1 aliphatic heterocycles. The first-order valence-corrected chi connectivity index (χ1v) is 9.34. The molecule has 1 aliphatic rings. The molecule has 3 aromatic rings. The number of hydrogen-bond acceptors (Lipinski definition) is 5. The molecule has 7 heteroatoms. The van der Waals surface area contributed by atoms with E-state index in [4.69, 9.17) is 0 Å². The van der Waals surface area contributed by atoms with Gasteiger partial charge >= 0.3 is 0 Å². The highest BCUT2D eigenvalue weighted by atomic mass is 32.1. The smallest absolute Gasteiger partial charge is 0.264 e. The Bertz CT molecular complexity index is 1070. The van der Waals surface area contributed by atoms with Crippen LogP contribution >= 0.6 is 11.3 Å². The van der Waals surface area contributed by atoms with Crippen molar-refractivity contribution in [1.29, 1.82) is 0 Å². The van der Waals surface area contributed by atoms with Gasteiger partial charge in [0.25, 0.3) is 11.5 Å². The molecule has 2 aromatic heterocycles. The molecule has 1 N–H and O–H groups in total. The Kier molecular flexibility index (Phi) is 4.03. The number of thiophene rings is 1. The van der Waals surface area contributed by atoms with Crippen LogP contribution < -0.4 is 10.5 Å². The summed E-state index contributed by atoms with van der Waals surface area (Å²) in [6.07, 6.45) is 0.529. The minimum atomic E-state index is -0.108. The summed E-state index contributed by atoms with van der Waals surface area (Å²) in [4.78, 5) is 37.1. The van der Waals surface area contributed by atoms with Crippen molar-refractivity contribution < 1.29 is 4.79 Å². The fraction of sp³-hybridized carbons (Fsp3) is 0.316. The number of carbonyl (C=O) groups excluding carboxylic acids is 1. The van der Waals surface area contributed by atoms with Crippen molar-refractivity contribution in [1.82, 2.24) is 14.9 Å². The van der Waals surface area contributed by atoms with Gasteiger partial charge in [0.1, 0.15) is 0 Å². The highest BCUT2D eigenvalue weighted by Crippen LogP contribution is 2.32. The van der Waals surface area contributed by atoms with Crippen LogP contribution in [0.4, 0.5) is 5.95 Å². The molecule has 6 nitrogen and oxygen atoms in total. The van der Waals surface area contributed by atoms with Crippen molar-refractivity contribution in [2.45, 2.75) is 19.9 Å². The Morgan fingerprint density at radius 3 is 2.81 bits per heavy atom. The zero-order valence-corrected chi connectivity index (χ0v) is 15.8. The molecule has 0 atom stereocenters. The molecule has 0 spiro atoms. The third-order valence-electron chi connectivity index (χ3n) is 4.81. The van der Waals surface area contributed by atoms with E-state index >= 15 is 0 Å². The average molecular weight is 368 g/mol. The quantitative estimate of drug-likeness (QED) is 0.755. The molecule has 0 aliphatic carbocycles. The Morgan fingerprint density at radius 2 is 2.08 bits per heavy atom. The summed E-state index contributed by atoms with van der Waals surface area (Å²) >= 11 is 1.53. The van der Waals surface area contributed by atoms with Gasteiger partial charge in [0.15, 0.2) is 0 Å². The fourth-order valence-corrected chi connectivity index (χ4v) is 4.51. The highest BCUT2D eigenvalue weighted by molar-refractivity contribution is 7.21. The zero-order valence-electron chi connectivity index (χ0n) is 15.0. The molecule has 0 fully saturated rings. The van der Waals surface area contributed by atoms with Gasteiger partial charge in [-0.2, -0.15) is 0 Å². The SMILES string of the molecule is Cc1c(C(=O)N2CCc3c(nc(N(C)C)[nH]c3=O)C2)sc2ccccc12. The topological polar surface area (TPSA) is 69.3 Å². The predicted molar refractivity (Wildman–Crippen MR) is 104 cm³/mol. The van der Waals surface area contributed by atoms with Crippen LogP contribution in [0.5, 0.6) is 0 Å². The molecule has 0 saturated heterocycles. The fourth-order valence-electron chi connectivity index (χ4n) is 3.33. The number of aromatic amines is 1. The summed E-state index contributed by atoms with van der Waals surface area (Å²) in [5, 5.41) is 1.13. The van der Waals surface area contributed by atoms with Crippen molar-refractivity contribution in [3.63, 3.8) is 0 Å². The number of carbonyl (C=O) groups is 1. The monoisotopic (exact) mass is 368 g/mol. The zero-order chi connectivity index (χ0) is 18.4. The van der Waals surface area contributed by atoms with Gasteiger partial charge in [0.05, 0.1) is 17.1 Å². The van der Waals surface area contributed by atoms with E-state index in [0.717, 1.165) is 20.5 Å². The van der Waals surface area contributed by atoms with E-state index in [-0.39, 0.29) is 11.5 Å². The van der Waals surface area contributed by atoms with Crippen molar-refractivity contribution in [2.75, 3.05) is 25.5 Å². The van der Waals surface area contributed by atoms with Crippen LogP contribution in [0.15, 0.2) is 29.1 Å². The second-order valence-corrected chi connectivity index (χ2v) is 7.79. The summed E-state index contributed by atoms with van der Waals surface area (Å²) in [5.41, 5.74) is 2.29. The van der Waals surface area contributed by atoms with E-state index in [1.807, 2.05) is 45.3 Å². The Morgan fingerprint density at radius 1 is 1.31 bits per heavy atom. The number of nitrogens with zero attached hydrogens (tertiary/aromatic N) is 3. The first-order chi connectivity index (χ1) is 12.5. The number of fused-ring (bicyclic) bond motifs is 2. The summed E-state index contributed by atoms with van der Waals surface area (Å²) < 4.78 is 1.12. The van der Waals surface area contributed by atoms with Gasteiger partial charge in [-0.15, -0.1) is 11.3 Å². The number of amides is 1. The lowest BCUT2D eigenvalue weighted by Crippen LogP contribution is -2.39. The number of rotatable bonds is 2. The van der Waals surface area contributed by atoms with Crippen molar-refractivity contribution in [2.24, 2.45) is 0 Å². The molecule has 1 amide bonds. The minimum Gasteiger partial charge on any atom is -0.348 e. The molecular formula is C19H20N4O2S. The number of anilines is 1. The molecule has 0 unspecified atom stereocenters. The van der Waals surface area contributed by atoms with Crippen LogP contribution in [0.25, 0.3) is 10.1 Å². The van der Waals surface area contributed by atoms with Crippen molar-refractivity contribution in [3.05, 3.63) is 56.3 Å². The van der Waals surface area contributed by atoms with Crippen molar-refractivity contribution in [3.8, 4) is 0 Å². The van der Waals surface area contributed by atoms with Gasteiger partial charge < -0.3 is 9.80 Å². The largest absolute Gasteiger partial charge is 0.348 e. The Labute approximate surface area is 155 Å². The molecule has 1 aromatic carbocycles. The lowest BCUT2D eigenvalue weighted by atomic mass is 10.1. The molecule has 0 saturated carbocycles. The van der Waals surface area contributed by atoms with Gasteiger partial charge in [0, 0.05) is 30.9 Å². The lowest BCUT2D eigenvalue weighted by molar-refractivity contribution is 0.0735. The first kappa shape index (κ1) is 16.8. The van der Waals surface area contributed by atoms with Crippen LogP contribution in [0, 0.1) is 6.92 Å². The predicted octanol–water partition coefficient (Wildman–Crippen LogP) is 2.56. The molecule has 26 heavy (non-hydrogen) atoms. The summed E-state index contributed by atoms with van der Waals surface area (Å²) in [7, 11) is 3.66. The number of H-pyrrole nitrogens is 1. The average Bonchev–Trinajstić information content (AvgIpc) is 2.97. The summed E-state index contributed by atoms with van der Waals surface area (Å²) in [5.74, 6) is 0.531. The highest BCUT2D eigenvalue weighted by Gasteiger charge is 2.27.